The molecule has 0 spiro atoms. The van der Waals surface area contributed by atoms with Crippen LogP contribution < -0.4 is 5.14 Å². The minimum atomic E-state index is -3.79. The van der Waals surface area contributed by atoms with E-state index in [2.05, 4.69) is 4.98 Å². The van der Waals surface area contributed by atoms with Gasteiger partial charge in [0.15, 0.2) is 0 Å². The van der Waals surface area contributed by atoms with Gasteiger partial charge in [0, 0.05) is 23.5 Å². The second-order valence-corrected chi connectivity index (χ2v) is 7.76. The zero-order valence-electron chi connectivity index (χ0n) is 13.8. The molecule has 1 heterocycles. The van der Waals surface area contributed by atoms with E-state index in [1.54, 1.807) is 36.7 Å². The smallest absolute Gasteiger partial charge is 0.238 e. The molecule has 0 saturated heterocycles. The van der Waals surface area contributed by atoms with E-state index in [1.165, 1.54) is 12.1 Å². The van der Waals surface area contributed by atoms with E-state index >= 15 is 0 Å². The number of nitriles is 1. The van der Waals surface area contributed by atoms with E-state index in [1.807, 2.05) is 19.1 Å². The quantitative estimate of drug-likeness (QED) is 0.741. The van der Waals surface area contributed by atoms with Crippen molar-refractivity contribution in [3.63, 3.8) is 0 Å². The maximum Gasteiger partial charge on any atom is 0.238 e. The van der Waals surface area contributed by atoms with Gasteiger partial charge in [0.1, 0.15) is 6.07 Å². The summed E-state index contributed by atoms with van der Waals surface area (Å²) in [6.07, 6.45) is 3.34. The number of rotatable bonds is 3. The maximum atomic E-state index is 11.6. The van der Waals surface area contributed by atoms with Crippen LogP contribution in [0.3, 0.4) is 0 Å². The summed E-state index contributed by atoms with van der Waals surface area (Å²) >= 11 is 6.11. The molecule has 26 heavy (non-hydrogen) atoms. The van der Waals surface area contributed by atoms with Gasteiger partial charge in [-0.1, -0.05) is 23.7 Å². The average molecular weight is 384 g/mol. The number of nitrogens with zero attached hydrogens (tertiary/aromatic N) is 2. The lowest BCUT2D eigenvalue weighted by Gasteiger charge is -2.10. The fourth-order valence-electron chi connectivity index (χ4n) is 2.62. The Labute approximate surface area is 156 Å². The van der Waals surface area contributed by atoms with E-state index < -0.39 is 10.0 Å². The molecule has 2 N–H and O–H groups in total. The lowest BCUT2D eigenvalue weighted by Crippen LogP contribution is -2.12. The topological polar surface area (TPSA) is 96.8 Å². The van der Waals surface area contributed by atoms with Gasteiger partial charge in [-0.3, -0.25) is 4.98 Å². The highest BCUT2D eigenvalue weighted by atomic mass is 35.5. The van der Waals surface area contributed by atoms with E-state index in [0.29, 0.717) is 10.6 Å². The summed E-state index contributed by atoms with van der Waals surface area (Å²) < 4.78 is 23.3. The van der Waals surface area contributed by atoms with Gasteiger partial charge in [-0.05, 0) is 53.9 Å². The molecule has 2 aromatic carbocycles. The van der Waals surface area contributed by atoms with Crippen molar-refractivity contribution in [2.24, 2.45) is 5.14 Å². The van der Waals surface area contributed by atoms with Crippen molar-refractivity contribution in [3.8, 4) is 28.3 Å². The van der Waals surface area contributed by atoms with Crippen LogP contribution in [0, 0.1) is 18.3 Å². The Balaban J connectivity index is 2.11. The number of nitrogens with two attached hydrogens (primary N) is 1. The summed E-state index contributed by atoms with van der Waals surface area (Å²) in [6.45, 7) is 1.88. The van der Waals surface area contributed by atoms with Crippen molar-refractivity contribution in [1.82, 2.24) is 4.98 Å². The fourth-order valence-corrected chi connectivity index (χ4v) is 3.38. The molecule has 5 nitrogen and oxygen atoms in total. The Morgan fingerprint density at radius 2 is 1.77 bits per heavy atom. The average Bonchev–Trinajstić information content (AvgIpc) is 2.61. The predicted octanol–water partition coefficient (Wildman–Crippen LogP) is 3.90. The SMILES string of the molecule is Cc1ccc(S(N)(=O)=O)cc1-c1cncc(-c2ccc(C#N)c(Cl)c2)c1. The number of aryl methyl sites for hydroxylation is 1. The van der Waals surface area contributed by atoms with Crippen LogP contribution in [0.2, 0.25) is 5.02 Å². The third-order valence-corrected chi connectivity index (χ3v) is 5.23. The zero-order chi connectivity index (χ0) is 18.9. The summed E-state index contributed by atoms with van der Waals surface area (Å²) in [7, 11) is -3.79. The Morgan fingerprint density at radius 3 is 2.42 bits per heavy atom. The summed E-state index contributed by atoms with van der Waals surface area (Å²) in [5.41, 5.74) is 4.39. The Bertz CT molecular complexity index is 1150. The van der Waals surface area contributed by atoms with E-state index in [9.17, 15) is 8.42 Å². The van der Waals surface area contributed by atoms with Crippen molar-refractivity contribution in [2.75, 3.05) is 0 Å². The van der Waals surface area contributed by atoms with Crippen LogP contribution in [0.4, 0.5) is 0 Å². The minimum absolute atomic E-state index is 0.0462. The normalized spacial score (nSPS) is 11.2. The van der Waals surface area contributed by atoms with Gasteiger partial charge in [-0.15, -0.1) is 0 Å². The highest BCUT2D eigenvalue weighted by molar-refractivity contribution is 7.89. The number of aromatic nitrogens is 1. The highest BCUT2D eigenvalue weighted by Gasteiger charge is 2.12. The first-order valence-corrected chi connectivity index (χ1v) is 9.51. The number of pyridine rings is 1. The fraction of sp³-hybridized carbons (Fsp3) is 0.0526. The lowest BCUT2D eigenvalue weighted by atomic mass is 9.98. The molecule has 1 aromatic heterocycles. The second-order valence-electron chi connectivity index (χ2n) is 5.79. The molecule has 3 aromatic rings. The zero-order valence-corrected chi connectivity index (χ0v) is 15.3. The molecule has 130 valence electrons. The van der Waals surface area contributed by atoms with Crippen LogP contribution in [0.15, 0.2) is 59.8 Å². The van der Waals surface area contributed by atoms with Crippen LogP contribution in [0.25, 0.3) is 22.3 Å². The van der Waals surface area contributed by atoms with Crippen molar-refractivity contribution >= 4 is 21.6 Å². The first kappa shape index (κ1) is 18.1. The van der Waals surface area contributed by atoms with Gasteiger partial charge in [-0.2, -0.15) is 5.26 Å². The summed E-state index contributed by atoms with van der Waals surface area (Å²) in [4.78, 5) is 4.30. The maximum absolute atomic E-state index is 11.6. The molecule has 0 saturated carbocycles. The Hall–Kier alpha value is -2.72. The Morgan fingerprint density at radius 1 is 1.04 bits per heavy atom. The minimum Gasteiger partial charge on any atom is -0.263 e. The Kier molecular flexibility index (Phi) is 4.79. The standard InChI is InChI=1S/C19H14ClN3O2S/c1-12-2-5-17(26(22,24)25)8-18(12)16-6-15(10-23-11-16)13-3-4-14(9-21)19(20)7-13/h2-8,10-11H,1H3,(H2,22,24,25). The summed E-state index contributed by atoms with van der Waals surface area (Å²) in [5, 5.41) is 14.6. The van der Waals surface area contributed by atoms with Crippen LogP contribution in [0.5, 0.6) is 0 Å². The number of hydrogen-bond donors (Lipinski definition) is 1. The van der Waals surface area contributed by atoms with E-state index in [0.717, 1.165) is 27.8 Å². The molecule has 0 amide bonds. The van der Waals surface area contributed by atoms with Gasteiger partial charge in [-0.25, -0.2) is 13.6 Å². The number of benzene rings is 2. The lowest BCUT2D eigenvalue weighted by molar-refractivity contribution is 0.598. The van der Waals surface area contributed by atoms with Crippen LogP contribution in [0.1, 0.15) is 11.1 Å². The van der Waals surface area contributed by atoms with Gasteiger partial charge in [0.25, 0.3) is 0 Å². The monoisotopic (exact) mass is 383 g/mol. The van der Waals surface area contributed by atoms with Crippen molar-refractivity contribution in [2.45, 2.75) is 11.8 Å². The third-order valence-electron chi connectivity index (χ3n) is 4.01. The number of hydrogen-bond acceptors (Lipinski definition) is 4. The molecule has 0 aliphatic carbocycles. The van der Waals surface area contributed by atoms with Gasteiger partial charge in [0.2, 0.25) is 10.0 Å². The molecule has 0 aliphatic rings. The highest BCUT2D eigenvalue weighted by Crippen LogP contribution is 2.30. The molecular formula is C19H14ClN3O2S. The second kappa shape index (κ2) is 6.89. The van der Waals surface area contributed by atoms with Gasteiger partial charge in [0.05, 0.1) is 15.5 Å². The van der Waals surface area contributed by atoms with Crippen molar-refractivity contribution in [3.05, 3.63) is 71.0 Å². The van der Waals surface area contributed by atoms with E-state index in [-0.39, 0.29) is 4.90 Å². The van der Waals surface area contributed by atoms with Gasteiger partial charge >= 0.3 is 0 Å². The molecule has 3 rings (SSSR count). The molecule has 0 radical (unpaired) electrons. The van der Waals surface area contributed by atoms with Crippen LogP contribution in [-0.2, 0) is 10.0 Å². The summed E-state index contributed by atoms with van der Waals surface area (Å²) in [5.74, 6) is 0. The van der Waals surface area contributed by atoms with Crippen LogP contribution in [-0.4, -0.2) is 13.4 Å². The molecule has 0 bridgehead atoms. The van der Waals surface area contributed by atoms with Crippen molar-refractivity contribution < 1.29 is 8.42 Å². The first-order valence-electron chi connectivity index (χ1n) is 7.58. The number of sulfonamides is 1. The molecule has 0 atom stereocenters. The third kappa shape index (κ3) is 3.60. The summed E-state index contributed by atoms with van der Waals surface area (Å²) in [6, 6.07) is 13.8. The van der Waals surface area contributed by atoms with Crippen LogP contribution >= 0.6 is 11.6 Å². The van der Waals surface area contributed by atoms with E-state index in [4.69, 9.17) is 22.0 Å². The first-order chi connectivity index (χ1) is 12.3. The molecule has 0 aliphatic heterocycles. The number of halogens is 1. The molecule has 0 unspecified atom stereocenters. The predicted molar refractivity (Wildman–Crippen MR) is 101 cm³/mol. The largest absolute Gasteiger partial charge is 0.263 e. The van der Waals surface area contributed by atoms with Gasteiger partial charge < -0.3 is 0 Å². The van der Waals surface area contributed by atoms with Crippen molar-refractivity contribution in [1.29, 1.82) is 5.26 Å². The molecular weight excluding hydrogens is 370 g/mol. The number of primary sulfonamides is 1. The molecule has 7 heteroatoms. The molecule has 0 fully saturated rings.